The van der Waals surface area contributed by atoms with Crippen molar-refractivity contribution in [1.82, 2.24) is 0 Å². The molecule has 0 bridgehead atoms. The molecular formula is C6H9F3O5. The number of rotatable bonds is 0. The Balaban J connectivity index is 2.81. The summed E-state index contributed by atoms with van der Waals surface area (Å²) in [5, 5.41) is 35.4. The van der Waals surface area contributed by atoms with Crippen molar-refractivity contribution in [3.8, 4) is 0 Å². The van der Waals surface area contributed by atoms with Crippen molar-refractivity contribution in [3.63, 3.8) is 0 Å². The van der Waals surface area contributed by atoms with Crippen LogP contribution in [0, 0.1) is 0 Å². The van der Waals surface area contributed by atoms with Crippen LogP contribution in [-0.2, 0) is 4.74 Å². The molecule has 0 amide bonds. The standard InChI is InChI=1S/C6H9F3O5/c7-6(8,9)4-2(11)1(10)3(12)5(13)14-4/h1-5,10-13H/t1-,2+,3+,4-,5+/m1/s1. The van der Waals surface area contributed by atoms with Crippen molar-refractivity contribution in [2.75, 3.05) is 0 Å². The number of aliphatic hydroxyl groups excluding tert-OH is 4. The topological polar surface area (TPSA) is 90.2 Å². The van der Waals surface area contributed by atoms with Gasteiger partial charge in [0.25, 0.3) is 0 Å². The van der Waals surface area contributed by atoms with Gasteiger partial charge in [0.1, 0.15) is 18.3 Å². The first-order valence-corrected chi connectivity index (χ1v) is 3.69. The Hall–Kier alpha value is -0.410. The Kier molecular flexibility index (Phi) is 3.02. The highest BCUT2D eigenvalue weighted by molar-refractivity contribution is 4.91. The van der Waals surface area contributed by atoms with Gasteiger partial charge in [-0.15, -0.1) is 0 Å². The predicted molar refractivity (Wildman–Crippen MR) is 35.0 cm³/mol. The maximum atomic E-state index is 12.1. The molecule has 0 aromatic rings. The summed E-state index contributed by atoms with van der Waals surface area (Å²) in [4.78, 5) is 0. The second-order valence-corrected chi connectivity index (χ2v) is 2.96. The van der Waals surface area contributed by atoms with E-state index < -0.39 is 36.9 Å². The molecule has 1 heterocycles. The van der Waals surface area contributed by atoms with Crippen LogP contribution in [0.25, 0.3) is 0 Å². The lowest BCUT2D eigenvalue weighted by molar-refractivity contribution is -0.345. The fraction of sp³-hybridized carbons (Fsp3) is 1.00. The van der Waals surface area contributed by atoms with E-state index >= 15 is 0 Å². The van der Waals surface area contributed by atoms with Crippen LogP contribution in [0.4, 0.5) is 13.2 Å². The first kappa shape index (κ1) is 11.7. The van der Waals surface area contributed by atoms with Crippen LogP contribution >= 0.6 is 0 Å². The SMILES string of the molecule is O[C@@H]1[C@H](O)[C@H](C(F)(F)F)O[C@H](O)[C@H]1O. The number of aliphatic hydroxyl groups is 4. The van der Waals surface area contributed by atoms with E-state index in [-0.39, 0.29) is 0 Å². The van der Waals surface area contributed by atoms with Crippen molar-refractivity contribution in [3.05, 3.63) is 0 Å². The number of hydrogen-bond acceptors (Lipinski definition) is 5. The Morgan fingerprint density at radius 2 is 1.36 bits per heavy atom. The van der Waals surface area contributed by atoms with E-state index in [4.69, 9.17) is 20.4 Å². The minimum atomic E-state index is -4.92. The molecule has 84 valence electrons. The molecule has 14 heavy (non-hydrogen) atoms. The minimum Gasteiger partial charge on any atom is -0.387 e. The molecule has 1 aliphatic heterocycles. The zero-order chi connectivity index (χ0) is 11.1. The molecule has 4 N–H and O–H groups in total. The normalized spacial score (nSPS) is 45.2. The van der Waals surface area contributed by atoms with Crippen molar-refractivity contribution in [2.45, 2.75) is 36.9 Å². The molecule has 1 aliphatic rings. The smallest absolute Gasteiger partial charge is 0.387 e. The zero-order valence-corrected chi connectivity index (χ0v) is 6.72. The van der Waals surface area contributed by atoms with E-state index in [2.05, 4.69) is 4.74 Å². The first-order valence-electron chi connectivity index (χ1n) is 3.69. The van der Waals surface area contributed by atoms with Crippen molar-refractivity contribution in [2.24, 2.45) is 0 Å². The Bertz CT molecular complexity index is 208. The Labute approximate surface area is 76.3 Å². The molecular weight excluding hydrogens is 209 g/mol. The van der Waals surface area contributed by atoms with E-state index in [1.807, 2.05) is 0 Å². The average molecular weight is 218 g/mol. The maximum Gasteiger partial charge on any atom is 0.417 e. The van der Waals surface area contributed by atoms with Gasteiger partial charge in [0.15, 0.2) is 12.4 Å². The molecule has 0 unspecified atom stereocenters. The van der Waals surface area contributed by atoms with Gasteiger partial charge in [-0.1, -0.05) is 0 Å². The first-order chi connectivity index (χ1) is 6.25. The van der Waals surface area contributed by atoms with Crippen LogP contribution in [-0.4, -0.2) is 57.3 Å². The number of hydrogen-bond donors (Lipinski definition) is 4. The summed E-state index contributed by atoms with van der Waals surface area (Å²) >= 11 is 0. The van der Waals surface area contributed by atoms with E-state index in [1.165, 1.54) is 0 Å². The molecule has 1 rings (SSSR count). The van der Waals surface area contributed by atoms with Gasteiger partial charge in [-0.25, -0.2) is 0 Å². The van der Waals surface area contributed by atoms with E-state index in [0.29, 0.717) is 0 Å². The quantitative estimate of drug-likeness (QED) is 0.391. The van der Waals surface area contributed by atoms with Gasteiger partial charge in [-0.05, 0) is 0 Å². The van der Waals surface area contributed by atoms with Gasteiger partial charge in [-0.3, -0.25) is 0 Å². The lowest BCUT2D eigenvalue weighted by atomic mass is 9.99. The third-order valence-electron chi connectivity index (χ3n) is 1.91. The summed E-state index contributed by atoms with van der Waals surface area (Å²) < 4.78 is 40.1. The summed E-state index contributed by atoms with van der Waals surface area (Å²) in [5.74, 6) is 0. The van der Waals surface area contributed by atoms with Crippen LogP contribution in [0.5, 0.6) is 0 Å². The molecule has 5 nitrogen and oxygen atoms in total. The van der Waals surface area contributed by atoms with Crippen LogP contribution in [0.1, 0.15) is 0 Å². The van der Waals surface area contributed by atoms with Gasteiger partial charge in [0.05, 0.1) is 0 Å². The fourth-order valence-corrected chi connectivity index (χ4v) is 1.13. The van der Waals surface area contributed by atoms with Crippen LogP contribution < -0.4 is 0 Å². The number of alkyl halides is 3. The Morgan fingerprint density at radius 3 is 1.79 bits per heavy atom. The predicted octanol–water partition coefficient (Wildman–Crippen LogP) is -1.65. The van der Waals surface area contributed by atoms with E-state index in [1.54, 1.807) is 0 Å². The van der Waals surface area contributed by atoms with E-state index in [0.717, 1.165) is 0 Å². The maximum absolute atomic E-state index is 12.1. The van der Waals surface area contributed by atoms with Crippen molar-refractivity contribution < 1.29 is 38.3 Å². The lowest BCUT2D eigenvalue weighted by Gasteiger charge is -2.38. The summed E-state index contributed by atoms with van der Waals surface area (Å²) in [5.41, 5.74) is 0. The third-order valence-corrected chi connectivity index (χ3v) is 1.91. The summed E-state index contributed by atoms with van der Waals surface area (Å²) in [6, 6.07) is 0. The average Bonchev–Trinajstić information content (AvgIpc) is 2.06. The highest BCUT2D eigenvalue weighted by Gasteiger charge is 2.54. The summed E-state index contributed by atoms with van der Waals surface area (Å²) in [6.45, 7) is 0. The van der Waals surface area contributed by atoms with Gasteiger partial charge in [0.2, 0.25) is 0 Å². The van der Waals surface area contributed by atoms with Gasteiger partial charge >= 0.3 is 6.18 Å². The van der Waals surface area contributed by atoms with Crippen molar-refractivity contribution in [1.29, 1.82) is 0 Å². The Morgan fingerprint density at radius 1 is 0.857 bits per heavy atom. The van der Waals surface area contributed by atoms with Gasteiger partial charge in [-0.2, -0.15) is 13.2 Å². The molecule has 1 saturated heterocycles. The summed E-state index contributed by atoms with van der Waals surface area (Å²) in [6.07, 6.45) is -16.1. The largest absolute Gasteiger partial charge is 0.417 e. The molecule has 1 fully saturated rings. The monoisotopic (exact) mass is 218 g/mol. The third kappa shape index (κ3) is 1.98. The lowest BCUT2D eigenvalue weighted by Crippen LogP contribution is -2.61. The number of ether oxygens (including phenoxy) is 1. The molecule has 5 atom stereocenters. The van der Waals surface area contributed by atoms with Gasteiger partial charge in [0, 0.05) is 0 Å². The van der Waals surface area contributed by atoms with Crippen LogP contribution in [0.15, 0.2) is 0 Å². The van der Waals surface area contributed by atoms with E-state index in [9.17, 15) is 13.2 Å². The van der Waals surface area contributed by atoms with Crippen LogP contribution in [0.3, 0.4) is 0 Å². The number of halogens is 3. The molecule has 8 heteroatoms. The molecule has 0 spiro atoms. The molecule has 0 aliphatic carbocycles. The highest BCUT2D eigenvalue weighted by Crippen LogP contribution is 2.32. The van der Waals surface area contributed by atoms with Crippen molar-refractivity contribution >= 4 is 0 Å². The highest BCUT2D eigenvalue weighted by atomic mass is 19.4. The second-order valence-electron chi connectivity index (χ2n) is 2.96. The van der Waals surface area contributed by atoms with Gasteiger partial charge < -0.3 is 25.2 Å². The molecule has 0 radical (unpaired) electrons. The molecule has 0 saturated carbocycles. The fourth-order valence-electron chi connectivity index (χ4n) is 1.13. The zero-order valence-electron chi connectivity index (χ0n) is 6.72. The second kappa shape index (κ2) is 3.63. The molecule has 0 aromatic carbocycles. The molecule has 0 aromatic heterocycles. The summed E-state index contributed by atoms with van der Waals surface area (Å²) in [7, 11) is 0. The minimum absolute atomic E-state index is 1.96. The van der Waals surface area contributed by atoms with Crippen LogP contribution in [0.2, 0.25) is 0 Å².